The van der Waals surface area contributed by atoms with Crippen molar-refractivity contribution in [2.24, 2.45) is 0 Å². The average Bonchev–Trinajstić information content (AvgIpc) is 2.32. The van der Waals surface area contributed by atoms with E-state index in [9.17, 15) is 24.3 Å². The highest BCUT2D eigenvalue weighted by molar-refractivity contribution is 5.90. The van der Waals surface area contributed by atoms with Gasteiger partial charge in [0.15, 0.2) is 5.60 Å². The summed E-state index contributed by atoms with van der Waals surface area (Å²) >= 11 is 0. The predicted octanol–water partition coefficient (Wildman–Crippen LogP) is -1.91. The number of amides is 2. The van der Waals surface area contributed by atoms with Crippen molar-refractivity contribution in [2.75, 3.05) is 13.1 Å². The Morgan fingerprint density at radius 3 is 2.05 bits per heavy atom. The first kappa shape index (κ1) is 17.6. The molecule has 0 aromatic heterocycles. The van der Waals surface area contributed by atoms with Crippen LogP contribution in [0, 0.1) is 0 Å². The van der Waals surface area contributed by atoms with Gasteiger partial charge in [-0.1, -0.05) is 6.58 Å². The van der Waals surface area contributed by atoms with Gasteiger partial charge < -0.3 is 26.0 Å². The number of hydrogen-bond acceptors (Lipinski definition) is 5. The van der Waals surface area contributed by atoms with Crippen molar-refractivity contribution in [3.8, 4) is 0 Å². The summed E-state index contributed by atoms with van der Waals surface area (Å²) < 4.78 is 0. The fraction of sp³-hybridized carbons (Fsp3) is 0.455. The Labute approximate surface area is 114 Å². The lowest BCUT2D eigenvalue weighted by atomic mass is 9.95. The molecule has 5 N–H and O–H groups in total. The molecule has 0 saturated carbocycles. The minimum Gasteiger partial charge on any atom is -0.481 e. The molecular formula is C11H16N2O7. The van der Waals surface area contributed by atoms with Gasteiger partial charge in [-0.15, -0.1) is 0 Å². The molecule has 0 bridgehead atoms. The minimum absolute atomic E-state index is 0.00117. The fourth-order valence-corrected chi connectivity index (χ4v) is 1.25. The largest absolute Gasteiger partial charge is 0.481 e. The van der Waals surface area contributed by atoms with E-state index < -0.39 is 42.2 Å². The van der Waals surface area contributed by atoms with E-state index in [1.807, 2.05) is 0 Å². The molecule has 0 aromatic carbocycles. The van der Waals surface area contributed by atoms with Crippen LogP contribution in [-0.4, -0.2) is 57.8 Å². The second-order valence-corrected chi connectivity index (χ2v) is 3.93. The zero-order chi connectivity index (χ0) is 15.8. The van der Waals surface area contributed by atoms with E-state index >= 15 is 0 Å². The Balaban J connectivity index is 4.27. The second-order valence-electron chi connectivity index (χ2n) is 3.93. The summed E-state index contributed by atoms with van der Waals surface area (Å²) in [5.74, 6) is -4.62. The molecule has 0 spiro atoms. The van der Waals surface area contributed by atoms with Crippen LogP contribution in [0.3, 0.4) is 0 Å². The molecule has 0 radical (unpaired) electrons. The number of aliphatic carboxylic acids is 2. The highest BCUT2D eigenvalue weighted by Crippen LogP contribution is 2.15. The van der Waals surface area contributed by atoms with E-state index in [-0.39, 0.29) is 13.1 Å². The zero-order valence-electron chi connectivity index (χ0n) is 10.6. The smallest absolute Gasteiger partial charge is 0.336 e. The normalized spacial score (nSPS) is 12.8. The summed E-state index contributed by atoms with van der Waals surface area (Å²) in [7, 11) is 0. The lowest BCUT2D eigenvalue weighted by Crippen LogP contribution is -2.46. The standard InChI is InChI=1S/C11H16N2O7/c1-2-7(14)12-3-4-13-8(15)5-11(20,10(18)19)6-9(16)17/h2,20H,1,3-6H2,(H,12,14)(H,13,15)(H,16,17)(H,18,19). The molecule has 1 unspecified atom stereocenters. The maximum absolute atomic E-state index is 11.4. The molecule has 20 heavy (non-hydrogen) atoms. The lowest BCUT2D eigenvalue weighted by Gasteiger charge is -2.20. The molecule has 0 aromatic rings. The zero-order valence-corrected chi connectivity index (χ0v) is 10.6. The highest BCUT2D eigenvalue weighted by atomic mass is 16.4. The van der Waals surface area contributed by atoms with Crippen molar-refractivity contribution in [3.05, 3.63) is 12.7 Å². The SMILES string of the molecule is C=CC(=O)NCCNC(=O)CC(O)(CC(=O)O)C(=O)O. The Hall–Kier alpha value is -2.42. The summed E-state index contributed by atoms with van der Waals surface area (Å²) in [5.41, 5.74) is -2.67. The van der Waals surface area contributed by atoms with Gasteiger partial charge in [0.2, 0.25) is 11.8 Å². The highest BCUT2D eigenvalue weighted by Gasteiger charge is 2.40. The van der Waals surface area contributed by atoms with Crippen LogP contribution in [0.1, 0.15) is 12.8 Å². The van der Waals surface area contributed by atoms with Gasteiger partial charge in [-0.2, -0.15) is 0 Å². The molecule has 0 aliphatic carbocycles. The van der Waals surface area contributed by atoms with Crippen molar-refractivity contribution in [2.45, 2.75) is 18.4 Å². The molecule has 112 valence electrons. The lowest BCUT2D eigenvalue weighted by molar-refractivity contribution is -0.167. The molecule has 0 aliphatic rings. The molecule has 0 rings (SSSR count). The number of nitrogens with one attached hydrogen (secondary N) is 2. The summed E-state index contributed by atoms with van der Waals surface area (Å²) in [6.07, 6.45) is -0.954. The summed E-state index contributed by atoms with van der Waals surface area (Å²) in [4.78, 5) is 43.4. The van der Waals surface area contributed by atoms with E-state index in [2.05, 4.69) is 17.2 Å². The Bertz CT molecular complexity index is 421. The van der Waals surface area contributed by atoms with Gasteiger partial charge in [-0.3, -0.25) is 14.4 Å². The quantitative estimate of drug-likeness (QED) is 0.245. The fourth-order valence-electron chi connectivity index (χ4n) is 1.25. The molecule has 9 nitrogen and oxygen atoms in total. The van der Waals surface area contributed by atoms with Crippen LogP contribution in [0.15, 0.2) is 12.7 Å². The van der Waals surface area contributed by atoms with Crippen LogP contribution >= 0.6 is 0 Å². The molecule has 0 fully saturated rings. The van der Waals surface area contributed by atoms with Gasteiger partial charge in [0, 0.05) is 13.1 Å². The van der Waals surface area contributed by atoms with Crippen LogP contribution in [0.25, 0.3) is 0 Å². The van der Waals surface area contributed by atoms with Crippen molar-refractivity contribution in [3.63, 3.8) is 0 Å². The van der Waals surface area contributed by atoms with Crippen LogP contribution in [-0.2, 0) is 19.2 Å². The summed E-state index contributed by atoms with van der Waals surface area (Å²) in [5, 5.41) is 31.4. The number of aliphatic hydroxyl groups is 1. The van der Waals surface area contributed by atoms with E-state index in [1.54, 1.807) is 0 Å². The number of carbonyl (C=O) groups excluding carboxylic acids is 2. The van der Waals surface area contributed by atoms with E-state index in [0.717, 1.165) is 6.08 Å². The molecular weight excluding hydrogens is 272 g/mol. The molecule has 0 heterocycles. The first-order valence-electron chi connectivity index (χ1n) is 5.56. The van der Waals surface area contributed by atoms with E-state index in [1.165, 1.54) is 0 Å². The van der Waals surface area contributed by atoms with Gasteiger partial charge in [-0.05, 0) is 6.08 Å². The summed E-state index contributed by atoms with van der Waals surface area (Å²) in [6, 6.07) is 0. The maximum atomic E-state index is 11.4. The molecule has 2 amide bonds. The van der Waals surface area contributed by atoms with E-state index in [0.29, 0.717) is 0 Å². The third kappa shape index (κ3) is 6.50. The van der Waals surface area contributed by atoms with Gasteiger partial charge in [-0.25, -0.2) is 4.79 Å². The Kier molecular flexibility index (Phi) is 6.94. The van der Waals surface area contributed by atoms with Gasteiger partial charge in [0.1, 0.15) is 0 Å². The van der Waals surface area contributed by atoms with Gasteiger partial charge in [0.25, 0.3) is 0 Å². The van der Waals surface area contributed by atoms with Crippen LogP contribution < -0.4 is 10.6 Å². The Morgan fingerprint density at radius 1 is 1.05 bits per heavy atom. The summed E-state index contributed by atoms with van der Waals surface area (Å²) in [6.45, 7) is 3.30. The average molecular weight is 288 g/mol. The first-order valence-corrected chi connectivity index (χ1v) is 5.56. The second kappa shape index (κ2) is 7.89. The number of carboxylic acids is 2. The maximum Gasteiger partial charge on any atom is 0.336 e. The topological polar surface area (TPSA) is 153 Å². The van der Waals surface area contributed by atoms with Crippen LogP contribution in [0.4, 0.5) is 0 Å². The first-order chi connectivity index (χ1) is 9.21. The van der Waals surface area contributed by atoms with Crippen LogP contribution in [0.2, 0.25) is 0 Å². The van der Waals surface area contributed by atoms with Gasteiger partial charge in [0.05, 0.1) is 12.8 Å². The third-order valence-corrected chi connectivity index (χ3v) is 2.23. The Morgan fingerprint density at radius 2 is 1.60 bits per heavy atom. The van der Waals surface area contributed by atoms with Crippen molar-refractivity contribution in [1.29, 1.82) is 0 Å². The number of hydrogen-bond donors (Lipinski definition) is 5. The van der Waals surface area contributed by atoms with Gasteiger partial charge >= 0.3 is 11.9 Å². The minimum atomic E-state index is -2.67. The number of carboxylic acid groups (broad SMARTS) is 2. The third-order valence-electron chi connectivity index (χ3n) is 2.23. The van der Waals surface area contributed by atoms with Crippen molar-refractivity contribution in [1.82, 2.24) is 10.6 Å². The van der Waals surface area contributed by atoms with Crippen LogP contribution in [0.5, 0.6) is 0 Å². The van der Waals surface area contributed by atoms with E-state index in [4.69, 9.17) is 10.2 Å². The number of rotatable bonds is 9. The van der Waals surface area contributed by atoms with Crippen molar-refractivity contribution < 1.29 is 34.5 Å². The molecule has 1 atom stereocenters. The number of carbonyl (C=O) groups is 4. The molecule has 9 heteroatoms. The predicted molar refractivity (Wildman–Crippen MR) is 65.7 cm³/mol. The molecule has 0 saturated heterocycles. The van der Waals surface area contributed by atoms with Crippen molar-refractivity contribution >= 4 is 23.8 Å². The monoisotopic (exact) mass is 288 g/mol. The molecule has 0 aliphatic heterocycles.